The average Bonchev–Trinajstić information content (AvgIpc) is 2.49. The van der Waals surface area contributed by atoms with E-state index in [4.69, 9.17) is 9.84 Å². The molecular formula is C15H16F2N2O2. The molecule has 0 aliphatic heterocycles. The van der Waals surface area contributed by atoms with Crippen molar-refractivity contribution in [2.24, 2.45) is 0 Å². The summed E-state index contributed by atoms with van der Waals surface area (Å²) < 4.78 is 31.5. The number of hydrogen-bond donors (Lipinski definition) is 2. The van der Waals surface area contributed by atoms with Crippen molar-refractivity contribution in [1.82, 2.24) is 10.3 Å². The third-order valence-electron chi connectivity index (χ3n) is 2.87. The van der Waals surface area contributed by atoms with Crippen LogP contribution in [0.15, 0.2) is 36.5 Å². The smallest absolute Gasteiger partial charge is 0.223 e. The van der Waals surface area contributed by atoms with Gasteiger partial charge in [-0.05, 0) is 25.1 Å². The molecule has 0 spiro atoms. The van der Waals surface area contributed by atoms with E-state index in [2.05, 4.69) is 10.3 Å². The number of pyridine rings is 1. The normalized spacial score (nSPS) is 12.2. The van der Waals surface area contributed by atoms with Crippen LogP contribution in [0.4, 0.5) is 8.78 Å². The highest BCUT2D eigenvalue weighted by atomic mass is 19.2. The molecule has 2 rings (SSSR count). The summed E-state index contributed by atoms with van der Waals surface area (Å²) in [6.45, 7) is 2.29. The van der Waals surface area contributed by atoms with E-state index in [9.17, 15) is 8.78 Å². The number of rotatable bonds is 6. The molecule has 2 aromatic rings. The van der Waals surface area contributed by atoms with Crippen LogP contribution < -0.4 is 10.1 Å². The zero-order valence-electron chi connectivity index (χ0n) is 11.5. The van der Waals surface area contributed by atoms with Crippen molar-refractivity contribution in [2.45, 2.75) is 19.5 Å². The number of hydrogen-bond acceptors (Lipinski definition) is 4. The van der Waals surface area contributed by atoms with Gasteiger partial charge < -0.3 is 15.2 Å². The lowest BCUT2D eigenvalue weighted by Gasteiger charge is -2.13. The van der Waals surface area contributed by atoms with Crippen LogP contribution >= 0.6 is 0 Å². The molecule has 1 aromatic heterocycles. The molecule has 1 aromatic carbocycles. The van der Waals surface area contributed by atoms with E-state index in [0.29, 0.717) is 12.4 Å². The van der Waals surface area contributed by atoms with Crippen LogP contribution in [0.2, 0.25) is 0 Å². The summed E-state index contributed by atoms with van der Waals surface area (Å²) >= 11 is 0. The van der Waals surface area contributed by atoms with Crippen molar-refractivity contribution in [1.29, 1.82) is 0 Å². The predicted octanol–water partition coefficient (Wildman–Crippen LogP) is 2.62. The summed E-state index contributed by atoms with van der Waals surface area (Å²) in [7, 11) is 0. The van der Waals surface area contributed by atoms with Gasteiger partial charge in [0.25, 0.3) is 0 Å². The van der Waals surface area contributed by atoms with Crippen LogP contribution in [-0.2, 0) is 6.54 Å². The highest BCUT2D eigenvalue weighted by Gasteiger charge is 2.09. The van der Waals surface area contributed by atoms with Crippen LogP contribution in [0.1, 0.15) is 12.5 Å². The van der Waals surface area contributed by atoms with E-state index in [1.165, 1.54) is 6.07 Å². The Morgan fingerprint density at radius 1 is 1.29 bits per heavy atom. The summed E-state index contributed by atoms with van der Waals surface area (Å²) in [4.78, 5) is 4.09. The third-order valence-corrected chi connectivity index (χ3v) is 2.87. The highest BCUT2D eigenvalue weighted by Crippen LogP contribution is 2.24. The quantitative estimate of drug-likeness (QED) is 0.860. The van der Waals surface area contributed by atoms with Gasteiger partial charge in [-0.15, -0.1) is 0 Å². The summed E-state index contributed by atoms with van der Waals surface area (Å²) in [6.07, 6.45) is 1.55. The summed E-state index contributed by atoms with van der Waals surface area (Å²) in [5.74, 6) is -1.43. The van der Waals surface area contributed by atoms with Crippen molar-refractivity contribution in [3.05, 3.63) is 53.7 Å². The number of ether oxygens (including phenoxy) is 1. The molecule has 0 unspecified atom stereocenters. The van der Waals surface area contributed by atoms with Crippen molar-refractivity contribution < 1.29 is 18.6 Å². The fraction of sp³-hybridized carbons (Fsp3) is 0.267. The molecule has 1 heterocycles. The number of halogens is 2. The number of aliphatic hydroxyl groups is 1. The SMILES string of the molecule is C[C@H](CO)NCc1cccnc1Oc1ccc(F)c(F)c1. The lowest BCUT2D eigenvalue weighted by atomic mass is 10.2. The molecule has 0 aliphatic rings. The highest BCUT2D eigenvalue weighted by molar-refractivity contribution is 5.32. The van der Waals surface area contributed by atoms with Gasteiger partial charge in [-0.2, -0.15) is 0 Å². The molecule has 1 atom stereocenters. The Morgan fingerprint density at radius 3 is 2.81 bits per heavy atom. The standard InChI is InChI=1S/C15H16F2N2O2/c1-10(9-20)19-8-11-3-2-6-18-15(11)21-12-4-5-13(16)14(17)7-12/h2-7,10,19-20H,8-9H2,1H3/t10-/m1/s1. The summed E-state index contributed by atoms with van der Waals surface area (Å²) in [6, 6.07) is 6.79. The van der Waals surface area contributed by atoms with E-state index < -0.39 is 11.6 Å². The summed E-state index contributed by atoms with van der Waals surface area (Å²) in [5, 5.41) is 12.1. The maximum Gasteiger partial charge on any atom is 0.223 e. The lowest BCUT2D eigenvalue weighted by molar-refractivity contribution is 0.250. The first-order chi connectivity index (χ1) is 10.1. The van der Waals surface area contributed by atoms with Gasteiger partial charge in [-0.25, -0.2) is 13.8 Å². The molecule has 0 aliphatic carbocycles. The Labute approximate surface area is 121 Å². The molecule has 0 saturated heterocycles. The minimum atomic E-state index is -0.975. The van der Waals surface area contributed by atoms with Gasteiger partial charge in [-0.1, -0.05) is 6.07 Å². The van der Waals surface area contributed by atoms with E-state index in [0.717, 1.165) is 17.7 Å². The van der Waals surface area contributed by atoms with Gasteiger partial charge in [0.05, 0.1) is 6.61 Å². The molecule has 21 heavy (non-hydrogen) atoms. The Bertz CT molecular complexity index is 608. The van der Waals surface area contributed by atoms with Gasteiger partial charge in [0, 0.05) is 30.4 Å². The first kappa shape index (κ1) is 15.3. The minimum Gasteiger partial charge on any atom is -0.439 e. The number of aliphatic hydroxyl groups excluding tert-OH is 1. The minimum absolute atomic E-state index is 0.0135. The second kappa shape index (κ2) is 7.10. The monoisotopic (exact) mass is 294 g/mol. The molecule has 0 fully saturated rings. The predicted molar refractivity (Wildman–Crippen MR) is 74.1 cm³/mol. The first-order valence-corrected chi connectivity index (χ1v) is 6.51. The number of aromatic nitrogens is 1. The van der Waals surface area contributed by atoms with Crippen LogP contribution in [0.25, 0.3) is 0 Å². The number of nitrogens with zero attached hydrogens (tertiary/aromatic N) is 1. The van der Waals surface area contributed by atoms with Gasteiger partial charge in [0.1, 0.15) is 5.75 Å². The van der Waals surface area contributed by atoms with Gasteiger partial charge in [0.15, 0.2) is 11.6 Å². The molecule has 6 heteroatoms. The molecule has 2 N–H and O–H groups in total. The molecule has 0 bridgehead atoms. The summed E-state index contributed by atoms with van der Waals surface area (Å²) in [5.41, 5.74) is 0.752. The second-order valence-corrected chi connectivity index (χ2v) is 4.61. The van der Waals surface area contributed by atoms with E-state index >= 15 is 0 Å². The van der Waals surface area contributed by atoms with Crippen LogP contribution in [0, 0.1) is 11.6 Å². The van der Waals surface area contributed by atoms with Crippen LogP contribution in [-0.4, -0.2) is 22.7 Å². The topological polar surface area (TPSA) is 54.4 Å². The van der Waals surface area contributed by atoms with Crippen LogP contribution in [0.3, 0.4) is 0 Å². The molecule has 0 amide bonds. The maximum absolute atomic E-state index is 13.2. The molecular weight excluding hydrogens is 278 g/mol. The van der Waals surface area contributed by atoms with Gasteiger partial charge in [0.2, 0.25) is 5.88 Å². The average molecular weight is 294 g/mol. The Kier molecular flexibility index (Phi) is 5.19. The molecule has 112 valence electrons. The largest absolute Gasteiger partial charge is 0.439 e. The molecule has 0 saturated carbocycles. The van der Waals surface area contributed by atoms with Crippen molar-refractivity contribution in [3.63, 3.8) is 0 Å². The van der Waals surface area contributed by atoms with Crippen molar-refractivity contribution in [2.75, 3.05) is 6.61 Å². The Hall–Kier alpha value is -2.05. The fourth-order valence-corrected chi connectivity index (χ4v) is 1.65. The Morgan fingerprint density at radius 2 is 2.10 bits per heavy atom. The van der Waals surface area contributed by atoms with Crippen molar-refractivity contribution >= 4 is 0 Å². The van der Waals surface area contributed by atoms with E-state index in [-0.39, 0.29) is 18.4 Å². The molecule has 0 radical (unpaired) electrons. The second-order valence-electron chi connectivity index (χ2n) is 4.61. The van der Waals surface area contributed by atoms with E-state index in [1.807, 2.05) is 6.92 Å². The first-order valence-electron chi connectivity index (χ1n) is 6.51. The number of benzene rings is 1. The number of nitrogens with one attached hydrogen (secondary N) is 1. The fourth-order valence-electron chi connectivity index (χ4n) is 1.65. The lowest BCUT2D eigenvalue weighted by Crippen LogP contribution is -2.28. The maximum atomic E-state index is 13.2. The Balaban J connectivity index is 2.13. The van der Waals surface area contributed by atoms with E-state index in [1.54, 1.807) is 18.3 Å². The zero-order valence-corrected chi connectivity index (χ0v) is 11.5. The zero-order chi connectivity index (χ0) is 15.2. The van der Waals surface area contributed by atoms with Crippen molar-refractivity contribution in [3.8, 4) is 11.6 Å². The van der Waals surface area contributed by atoms with Crippen LogP contribution in [0.5, 0.6) is 11.6 Å². The van der Waals surface area contributed by atoms with Gasteiger partial charge >= 0.3 is 0 Å². The third kappa shape index (κ3) is 4.21. The molecule has 4 nitrogen and oxygen atoms in total. The van der Waals surface area contributed by atoms with Gasteiger partial charge in [-0.3, -0.25) is 0 Å².